The molecule has 1 aromatic carbocycles. The van der Waals surface area contributed by atoms with Crippen LogP contribution in [0.15, 0.2) is 48.7 Å². The maximum atomic E-state index is 12.7. The van der Waals surface area contributed by atoms with Crippen LogP contribution < -0.4 is 10.6 Å². The van der Waals surface area contributed by atoms with E-state index < -0.39 is 0 Å². The van der Waals surface area contributed by atoms with E-state index in [1.165, 1.54) is 12.1 Å². The van der Waals surface area contributed by atoms with Gasteiger partial charge in [-0.15, -0.1) is 0 Å². The van der Waals surface area contributed by atoms with Crippen molar-refractivity contribution in [1.82, 2.24) is 15.6 Å². The fourth-order valence-corrected chi connectivity index (χ4v) is 1.66. The second-order valence-electron chi connectivity index (χ2n) is 3.98. The van der Waals surface area contributed by atoms with Gasteiger partial charge in [0.25, 0.3) is 0 Å². The predicted molar refractivity (Wildman–Crippen MR) is 76.9 cm³/mol. The minimum absolute atomic E-state index is 0.236. The first-order valence-electron chi connectivity index (χ1n) is 5.90. The molecule has 0 amide bonds. The Morgan fingerprint density at radius 1 is 1.05 bits per heavy atom. The molecule has 0 radical (unpaired) electrons. The zero-order valence-corrected chi connectivity index (χ0v) is 11.1. The molecule has 2 N–H and O–H groups in total. The Balaban J connectivity index is 1.74. The highest BCUT2D eigenvalue weighted by molar-refractivity contribution is 7.80. The minimum Gasteiger partial charge on any atom is -0.359 e. The molecule has 1 aromatic heterocycles. The fourth-order valence-electron chi connectivity index (χ4n) is 1.52. The van der Waals surface area contributed by atoms with Crippen molar-refractivity contribution in [2.45, 2.75) is 13.1 Å². The molecule has 0 atom stereocenters. The Labute approximate surface area is 116 Å². The lowest BCUT2D eigenvalue weighted by molar-refractivity contribution is 0.626. The summed E-state index contributed by atoms with van der Waals surface area (Å²) in [5, 5.41) is 6.67. The topological polar surface area (TPSA) is 37.0 Å². The summed E-state index contributed by atoms with van der Waals surface area (Å²) in [5.41, 5.74) is 1.90. The predicted octanol–water partition coefficient (Wildman–Crippen LogP) is 2.39. The second-order valence-corrected chi connectivity index (χ2v) is 4.39. The molecular formula is C14H14FN3S. The van der Waals surface area contributed by atoms with Gasteiger partial charge in [0.2, 0.25) is 0 Å². The third-order valence-electron chi connectivity index (χ3n) is 2.52. The van der Waals surface area contributed by atoms with E-state index >= 15 is 0 Å². The maximum Gasteiger partial charge on any atom is 0.166 e. The Kier molecular flexibility index (Phi) is 4.80. The third-order valence-corrected chi connectivity index (χ3v) is 2.81. The van der Waals surface area contributed by atoms with Crippen LogP contribution in [0.4, 0.5) is 4.39 Å². The first-order chi connectivity index (χ1) is 9.24. The number of aromatic nitrogens is 1. The van der Waals surface area contributed by atoms with Crippen molar-refractivity contribution < 1.29 is 4.39 Å². The lowest BCUT2D eigenvalue weighted by atomic mass is 10.2. The molecule has 0 aliphatic heterocycles. The zero-order valence-electron chi connectivity index (χ0n) is 10.3. The van der Waals surface area contributed by atoms with E-state index in [-0.39, 0.29) is 5.82 Å². The van der Waals surface area contributed by atoms with E-state index in [0.717, 1.165) is 11.3 Å². The van der Waals surface area contributed by atoms with Crippen molar-refractivity contribution in [3.8, 4) is 0 Å². The average Bonchev–Trinajstić information content (AvgIpc) is 2.45. The number of nitrogens with one attached hydrogen (secondary N) is 2. The van der Waals surface area contributed by atoms with Gasteiger partial charge >= 0.3 is 0 Å². The van der Waals surface area contributed by atoms with E-state index in [0.29, 0.717) is 18.2 Å². The molecule has 98 valence electrons. The van der Waals surface area contributed by atoms with Crippen LogP contribution >= 0.6 is 12.2 Å². The van der Waals surface area contributed by atoms with Gasteiger partial charge in [-0.1, -0.05) is 18.2 Å². The van der Waals surface area contributed by atoms with Crippen LogP contribution in [-0.2, 0) is 13.1 Å². The SMILES string of the molecule is Fc1ccc(CNC(=S)NCc2ccccn2)cc1. The van der Waals surface area contributed by atoms with E-state index in [1.54, 1.807) is 18.3 Å². The molecule has 0 saturated carbocycles. The molecule has 2 rings (SSSR count). The Bertz CT molecular complexity index is 528. The van der Waals surface area contributed by atoms with Crippen molar-refractivity contribution in [1.29, 1.82) is 0 Å². The first kappa shape index (κ1) is 13.4. The number of hydrogen-bond donors (Lipinski definition) is 2. The standard InChI is InChI=1S/C14H14FN3S/c15-12-6-4-11(5-7-12)9-17-14(19)18-10-13-3-1-2-8-16-13/h1-8H,9-10H2,(H2,17,18,19). The summed E-state index contributed by atoms with van der Waals surface area (Å²) in [6.07, 6.45) is 1.74. The second kappa shape index (κ2) is 6.80. The highest BCUT2D eigenvalue weighted by Crippen LogP contribution is 2.01. The highest BCUT2D eigenvalue weighted by Gasteiger charge is 1.98. The van der Waals surface area contributed by atoms with E-state index in [2.05, 4.69) is 15.6 Å². The first-order valence-corrected chi connectivity index (χ1v) is 6.31. The molecule has 1 heterocycles. The monoisotopic (exact) mass is 275 g/mol. The minimum atomic E-state index is -0.236. The molecule has 0 unspecified atom stereocenters. The molecule has 19 heavy (non-hydrogen) atoms. The molecule has 5 heteroatoms. The van der Waals surface area contributed by atoms with Gasteiger partial charge in [0.15, 0.2) is 5.11 Å². The number of rotatable bonds is 4. The van der Waals surface area contributed by atoms with Gasteiger partial charge in [-0.25, -0.2) is 4.39 Å². The average molecular weight is 275 g/mol. The molecule has 0 aliphatic rings. The van der Waals surface area contributed by atoms with E-state index in [1.807, 2.05) is 18.2 Å². The summed E-state index contributed by atoms with van der Waals surface area (Å²) in [7, 11) is 0. The molecule has 0 aliphatic carbocycles. The quantitative estimate of drug-likeness (QED) is 0.840. The number of thiocarbonyl (C=S) groups is 1. The van der Waals surface area contributed by atoms with Crippen LogP contribution in [0.5, 0.6) is 0 Å². The molecule has 0 saturated heterocycles. The number of halogens is 1. The molecular weight excluding hydrogens is 261 g/mol. The van der Waals surface area contributed by atoms with Gasteiger partial charge in [-0.3, -0.25) is 4.98 Å². The molecule has 0 fully saturated rings. The molecule has 0 bridgehead atoms. The van der Waals surface area contributed by atoms with Gasteiger partial charge < -0.3 is 10.6 Å². The van der Waals surface area contributed by atoms with Gasteiger partial charge in [-0.2, -0.15) is 0 Å². The van der Waals surface area contributed by atoms with Gasteiger partial charge in [0, 0.05) is 12.7 Å². The van der Waals surface area contributed by atoms with Crippen LogP contribution in [0.3, 0.4) is 0 Å². The van der Waals surface area contributed by atoms with Crippen LogP contribution in [0, 0.1) is 5.82 Å². The largest absolute Gasteiger partial charge is 0.359 e. The third kappa shape index (κ3) is 4.63. The normalized spacial score (nSPS) is 9.95. The Hall–Kier alpha value is -2.01. The Morgan fingerprint density at radius 2 is 1.79 bits per heavy atom. The molecule has 2 aromatic rings. The molecule has 0 spiro atoms. The maximum absolute atomic E-state index is 12.7. The smallest absolute Gasteiger partial charge is 0.166 e. The van der Waals surface area contributed by atoms with Crippen LogP contribution in [0.1, 0.15) is 11.3 Å². The summed E-state index contributed by atoms with van der Waals surface area (Å²) in [4.78, 5) is 4.19. The summed E-state index contributed by atoms with van der Waals surface area (Å²) in [5.74, 6) is -0.236. The highest BCUT2D eigenvalue weighted by atomic mass is 32.1. The molecule has 3 nitrogen and oxygen atoms in total. The van der Waals surface area contributed by atoms with Gasteiger partial charge in [0.05, 0.1) is 12.2 Å². The number of hydrogen-bond acceptors (Lipinski definition) is 2. The lowest BCUT2D eigenvalue weighted by Crippen LogP contribution is -2.34. The van der Waals surface area contributed by atoms with Gasteiger partial charge in [-0.05, 0) is 42.0 Å². The van der Waals surface area contributed by atoms with E-state index in [4.69, 9.17) is 12.2 Å². The summed E-state index contributed by atoms with van der Waals surface area (Å²) in [6, 6.07) is 12.0. The van der Waals surface area contributed by atoms with Crippen LogP contribution in [0.25, 0.3) is 0 Å². The summed E-state index contributed by atoms with van der Waals surface area (Å²) < 4.78 is 12.7. The van der Waals surface area contributed by atoms with Crippen molar-refractivity contribution in [2.24, 2.45) is 0 Å². The van der Waals surface area contributed by atoms with Gasteiger partial charge in [0.1, 0.15) is 5.82 Å². The van der Waals surface area contributed by atoms with Crippen molar-refractivity contribution >= 4 is 17.3 Å². The summed E-state index contributed by atoms with van der Waals surface area (Å²) in [6.45, 7) is 1.14. The van der Waals surface area contributed by atoms with Crippen molar-refractivity contribution in [3.05, 3.63) is 65.7 Å². The number of pyridine rings is 1. The number of nitrogens with zero attached hydrogens (tertiary/aromatic N) is 1. The van der Waals surface area contributed by atoms with Crippen LogP contribution in [0.2, 0.25) is 0 Å². The Morgan fingerprint density at radius 3 is 2.47 bits per heavy atom. The lowest BCUT2D eigenvalue weighted by Gasteiger charge is -2.10. The fraction of sp³-hybridized carbons (Fsp3) is 0.143. The van der Waals surface area contributed by atoms with Crippen molar-refractivity contribution in [2.75, 3.05) is 0 Å². The van der Waals surface area contributed by atoms with Crippen molar-refractivity contribution in [3.63, 3.8) is 0 Å². The summed E-state index contributed by atoms with van der Waals surface area (Å²) >= 11 is 5.15. The zero-order chi connectivity index (χ0) is 13.5. The van der Waals surface area contributed by atoms with E-state index in [9.17, 15) is 4.39 Å². The van der Waals surface area contributed by atoms with Crippen LogP contribution in [-0.4, -0.2) is 10.1 Å². The number of benzene rings is 1.